The van der Waals surface area contributed by atoms with Crippen LogP contribution in [-0.2, 0) is 37.6 Å². The van der Waals surface area contributed by atoms with Crippen molar-refractivity contribution >= 4 is 59.2 Å². The Morgan fingerprint density at radius 2 is 1.07 bits per heavy atom. The molecule has 0 saturated carbocycles. The number of esters is 3. The number of carbonyl (C=O) groups excluding carboxylic acids is 3. The zero-order valence-corrected chi connectivity index (χ0v) is 20.3. The van der Waals surface area contributed by atoms with Gasteiger partial charge in [0.1, 0.15) is 18.1 Å². The van der Waals surface area contributed by atoms with Gasteiger partial charge in [-0.1, -0.05) is 21.6 Å². The van der Waals surface area contributed by atoms with Gasteiger partial charge in [0.15, 0.2) is 0 Å². The van der Waals surface area contributed by atoms with E-state index < -0.39 is 45.1 Å². The Kier molecular flexibility index (Phi) is 18.7. The van der Waals surface area contributed by atoms with Gasteiger partial charge in [-0.25, -0.2) is 8.42 Å². The van der Waals surface area contributed by atoms with Crippen molar-refractivity contribution in [2.75, 3.05) is 38.6 Å². The molecule has 0 aliphatic carbocycles. The predicted molar refractivity (Wildman–Crippen MR) is 118 cm³/mol. The molecule has 6 N–H and O–H groups in total. The molecule has 0 saturated heterocycles. The van der Waals surface area contributed by atoms with Gasteiger partial charge in [-0.3, -0.25) is 14.4 Å². The molecule has 15 heteroatoms. The summed E-state index contributed by atoms with van der Waals surface area (Å²) in [6, 6.07) is -2.07. The maximum atomic E-state index is 11.0. The van der Waals surface area contributed by atoms with E-state index in [1.54, 1.807) is 21.6 Å². The summed E-state index contributed by atoms with van der Waals surface area (Å²) in [7, 11) is 8.31. The van der Waals surface area contributed by atoms with Crippen LogP contribution in [0.2, 0.25) is 0 Å². The summed E-state index contributed by atoms with van der Waals surface area (Å²) in [5, 5.41) is 0. The van der Waals surface area contributed by atoms with Gasteiger partial charge in [0.25, 0.3) is 0 Å². The third-order valence-electron chi connectivity index (χ3n) is 3.29. The van der Waals surface area contributed by atoms with E-state index in [1.807, 2.05) is 0 Å². The second-order valence-electron chi connectivity index (χ2n) is 5.64. The quantitative estimate of drug-likeness (QED) is 0.0950. The Hall–Kier alpha value is -0.770. The van der Waals surface area contributed by atoms with Crippen molar-refractivity contribution in [2.24, 2.45) is 17.2 Å². The Morgan fingerprint density at radius 1 is 0.767 bits per heavy atom. The van der Waals surface area contributed by atoms with Crippen molar-refractivity contribution in [3.63, 3.8) is 0 Å². The minimum absolute atomic E-state index is 0.0293. The van der Waals surface area contributed by atoms with Crippen LogP contribution >= 0.6 is 32.3 Å². The Labute approximate surface area is 189 Å². The van der Waals surface area contributed by atoms with Crippen LogP contribution in [0, 0.1) is 0 Å². The highest BCUT2D eigenvalue weighted by atomic mass is 35.7. The number of methoxy groups -OCH3 is 3. The van der Waals surface area contributed by atoms with Crippen molar-refractivity contribution < 1.29 is 37.0 Å². The number of carbonyl (C=O) groups is 3. The topological polar surface area (TPSA) is 191 Å². The van der Waals surface area contributed by atoms with Crippen LogP contribution in [0.15, 0.2) is 0 Å². The molecule has 0 fully saturated rings. The van der Waals surface area contributed by atoms with Crippen LogP contribution < -0.4 is 17.2 Å². The normalized spacial score (nSPS) is 13.8. The van der Waals surface area contributed by atoms with E-state index in [9.17, 15) is 22.8 Å². The lowest BCUT2D eigenvalue weighted by atomic mass is 10.2. The minimum atomic E-state index is -3.58. The molecular weight excluding hydrogens is 482 g/mol. The molecule has 11 nitrogen and oxygen atoms in total. The van der Waals surface area contributed by atoms with Gasteiger partial charge < -0.3 is 31.4 Å². The molecule has 3 atom stereocenters. The summed E-state index contributed by atoms with van der Waals surface area (Å²) in [6.07, 6.45) is 1.10. The second kappa shape index (κ2) is 17.9. The van der Waals surface area contributed by atoms with Crippen molar-refractivity contribution in [1.29, 1.82) is 0 Å². The fraction of sp³-hybridized carbons (Fsp3) is 0.800. The standard InChI is InChI=1S/C10H20N2O4S2.C5H10ClNO4S/c1-15-9(13)7(11)3-5-17-18-6-4-8(12)10(14)16-2;1-11-5(8)4(7)2-3-12(6,9)10/h7-8H,3-6,11-12H2,1-2H3;4H,2-3,7H2,1H3. The average molecular weight is 512 g/mol. The molecule has 30 heavy (non-hydrogen) atoms. The maximum absolute atomic E-state index is 11.0. The molecule has 0 aromatic carbocycles. The molecule has 178 valence electrons. The van der Waals surface area contributed by atoms with Crippen LogP contribution in [0.5, 0.6) is 0 Å². The molecule has 0 aromatic rings. The molecule has 0 bridgehead atoms. The molecule has 0 aliphatic heterocycles. The number of ether oxygens (including phenoxy) is 3. The van der Waals surface area contributed by atoms with Crippen LogP contribution in [-0.4, -0.2) is 83.0 Å². The smallest absolute Gasteiger partial charge is 0.322 e. The van der Waals surface area contributed by atoms with E-state index in [0.29, 0.717) is 12.8 Å². The summed E-state index contributed by atoms with van der Waals surface area (Å²) in [6.45, 7) is 0. The van der Waals surface area contributed by atoms with E-state index in [2.05, 4.69) is 14.2 Å². The van der Waals surface area contributed by atoms with Crippen molar-refractivity contribution in [3.05, 3.63) is 0 Å². The van der Waals surface area contributed by atoms with Crippen LogP contribution in [0.1, 0.15) is 19.3 Å². The van der Waals surface area contributed by atoms with E-state index in [-0.39, 0.29) is 12.2 Å². The lowest BCUT2D eigenvalue weighted by Crippen LogP contribution is -2.33. The summed E-state index contributed by atoms with van der Waals surface area (Å²) < 4.78 is 34.1. The zero-order chi connectivity index (χ0) is 23.7. The first-order valence-corrected chi connectivity index (χ1v) is 13.5. The first-order chi connectivity index (χ1) is 13.9. The third-order valence-corrected chi connectivity index (χ3v) is 6.95. The van der Waals surface area contributed by atoms with E-state index in [1.165, 1.54) is 21.3 Å². The molecule has 0 aromatic heterocycles. The maximum Gasteiger partial charge on any atom is 0.322 e. The second-order valence-corrected chi connectivity index (χ2v) is 11.2. The minimum Gasteiger partial charge on any atom is -0.468 e. The average Bonchev–Trinajstić information content (AvgIpc) is 2.71. The van der Waals surface area contributed by atoms with Crippen molar-refractivity contribution in [3.8, 4) is 0 Å². The summed E-state index contributed by atoms with van der Waals surface area (Å²) in [5.41, 5.74) is 16.4. The van der Waals surface area contributed by atoms with Gasteiger partial charge in [0, 0.05) is 22.2 Å². The lowest BCUT2D eigenvalue weighted by Gasteiger charge is -2.09. The Bertz CT molecular complexity index is 598. The van der Waals surface area contributed by atoms with Crippen molar-refractivity contribution in [1.82, 2.24) is 0 Å². The van der Waals surface area contributed by atoms with Gasteiger partial charge in [0.05, 0.1) is 27.1 Å². The Balaban J connectivity index is 0. The van der Waals surface area contributed by atoms with Gasteiger partial charge in [0.2, 0.25) is 9.05 Å². The zero-order valence-electron chi connectivity index (χ0n) is 17.1. The number of nitrogens with two attached hydrogens (primary N) is 3. The van der Waals surface area contributed by atoms with Crippen LogP contribution in [0.3, 0.4) is 0 Å². The molecular formula is C15H30ClN3O8S3. The van der Waals surface area contributed by atoms with Crippen LogP contribution in [0.4, 0.5) is 0 Å². The number of hydrogen-bond acceptors (Lipinski definition) is 13. The fourth-order valence-electron chi connectivity index (χ4n) is 1.54. The van der Waals surface area contributed by atoms with E-state index in [4.69, 9.17) is 27.9 Å². The summed E-state index contributed by atoms with van der Waals surface area (Å²) in [4.78, 5) is 32.6. The summed E-state index contributed by atoms with van der Waals surface area (Å²) >= 11 is 0. The van der Waals surface area contributed by atoms with Gasteiger partial charge >= 0.3 is 17.9 Å². The SMILES string of the molecule is COC(=O)C(N)CCS(=O)(=O)Cl.COC(=O)C(N)CCSSCCC(N)C(=O)OC. The van der Waals surface area contributed by atoms with E-state index in [0.717, 1.165) is 11.5 Å². The van der Waals surface area contributed by atoms with Gasteiger partial charge in [-0.05, 0) is 19.3 Å². The highest BCUT2D eigenvalue weighted by molar-refractivity contribution is 8.76. The number of rotatable bonds is 13. The molecule has 3 unspecified atom stereocenters. The molecule has 0 rings (SSSR count). The number of halogens is 1. The molecule has 0 radical (unpaired) electrons. The highest BCUT2D eigenvalue weighted by Crippen LogP contribution is 2.23. The predicted octanol–water partition coefficient (Wildman–Crippen LogP) is -0.406. The third kappa shape index (κ3) is 18.0. The monoisotopic (exact) mass is 511 g/mol. The van der Waals surface area contributed by atoms with Crippen molar-refractivity contribution in [2.45, 2.75) is 37.4 Å². The fourth-order valence-corrected chi connectivity index (χ4v) is 4.57. The molecule has 0 aliphatic rings. The van der Waals surface area contributed by atoms with E-state index >= 15 is 0 Å². The van der Waals surface area contributed by atoms with Gasteiger partial charge in [-0.2, -0.15) is 0 Å². The number of hydrogen-bond donors (Lipinski definition) is 3. The molecule has 0 spiro atoms. The molecule has 0 heterocycles. The summed E-state index contributed by atoms with van der Waals surface area (Å²) in [5.74, 6) is -0.273. The molecule has 0 amide bonds. The first kappa shape index (κ1) is 31.4. The largest absolute Gasteiger partial charge is 0.468 e. The van der Waals surface area contributed by atoms with Gasteiger partial charge in [-0.15, -0.1) is 0 Å². The first-order valence-electron chi connectivity index (χ1n) is 8.56. The highest BCUT2D eigenvalue weighted by Gasteiger charge is 2.17. The van der Waals surface area contributed by atoms with Crippen LogP contribution in [0.25, 0.3) is 0 Å². The lowest BCUT2D eigenvalue weighted by molar-refractivity contribution is -0.143. The Morgan fingerprint density at radius 3 is 1.33 bits per heavy atom.